The molecule has 0 fully saturated rings. The first kappa shape index (κ1) is 14.0. The molecule has 1 aromatic heterocycles. The first-order valence-electron chi connectivity index (χ1n) is 5.68. The van der Waals surface area contributed by atoms with E-state index in [1.165, 1.54) is 4.68 Å². The third-order valence-electron chi connectivity index (χ3n) is 2.56. The number of anilines is 1. The summed E-state index contributed by atoms with van der Waals surface area (Å²) in [4.78, 5) is 23.9. The zero-order valence-electron chi connectivity index (χ0n) is 10.8. The van der Waals surface area contributed by atoms with Crippen LogP contribution in [0.25, 0.3) is 0 Å². The second-order valence-electron chi connectivity index (χ2n) is 4.09. The number of carboxylic acids is 1. The van der Waals surface area contributed by atoms with Gasteiger partial charge < -0.3 is 15.7 Å². The Kier molecular flexibility index (Phi) is 4.30. The molecule has 0 saturated heterocycles. The fourth-order valence-corrected chi connectivity index (χ4v) is 1.99. The van der Waals surface area contributed by atoms with Gasteiger partial charge in [0, 0.05) is 13.6 Å². The number of carbonyl (C=O) groups is 2. The normalized spacial score (nSPS) is 10.4. The average molecular weight is 254 g/mol. The third kappa shape index (κ3) is 2.79. The molecular formula is C11H18N4O3. The van der Waals surface area contributed by atoms with Crippen molar-refractivity contribution in [3.63, 3.8) is 0 Å². The van der Waals surface area contributed by atoms with Crippen LogP contribution in [0.2, 0.25) is 0 Å². The minimum absolute atomic E-state index is 0.187. The summed E-state index contributed by atoms with van der Waals surface area (Å²) in [5, 5.41) is 13.0. The summed E-state index contributed by atoms with van der Waals surface area (Å²) in [5.74, 6) is -1.09. The van der Waals surface area contributed by atoms with Crippen molar-refractivity contribution in [1.29, 1.82) is 0 Å². The summed E-state index contributed by atoms with van der Waals surface area (Å²) in [6.07, 6.45) is 0.760. The molecule has 1 rings (SSSR count). The standard InChI is InChI=1S/C11H18N4O3/c1-4-5-15(6-8(16)17)11-9(10(12)18)7(2)13-14(11)3/h4-6H2,1-3H3,(H2,12,18)(H,16,17). The van der Waals surface area contributed by atoms with Crippen molar-refractivity contribution in [1.82, 2.24) is 9.78 Å². The molecule has 0 aliphatic carbocycles. The quantitative estimate of drug-likeness (QED) is 0.751. The van der Waals surface area contributed by atoms with Crippen LogP contribution < -0.4 is 10.6 Å². The number of hydrogen-bond donors (Lipinski definition) is 2. The number of aryl methyl sites for hydroxylation is 2. The summed E-state index contributed by atoms with van der Waals surface area (Å²) in [7, 11) is 1.67. The summed E-state index contributed by atoms with van der Waals surface area (Å²) in [5.41, 5.74) is 6.12. The van der Waals surface area contributed by atoms with E-state index in [0.29, 0.717) is 18.1 Å². The number of aliphatic carboxylic acids is 1. The number of amides is 1. The third-order valence-corrected chi connectivity index (χ3v) is 2.56. The van der Waals surface area contributed by atoms with Crippen molar-refractivity contribution < 1.29 is 14.7 Å². The lowest BCUT2D eigenvalue weighted by atomic mass is 10.2. The van der Waals surface area contributed by atoms with Gasteiger partial charge in [0.15, 0.2) is 0 Å². The van der Waals surface area contributed by atoms with Gasteiger partial charge >= 0.3 is 5.97 Å². The fraction of sp³-hybridized carbons (Fsp3) is 0.545. The number of nitrogens with two attached hydrogens (primary N) is 1. The number of nitrogens with zero attached hydrogens (tertiary/aromatic N) is 3. The van der Waals surface area contributed by atoms with E-state index in [4.69, 9.17) is 10.8 Å². The van der Waals surface area contributed by atoms with Gasteiger partial charge in [-0.25, -0.2) is 0 Å². The number of carbonyl (C=O) groups excluding carboxylic acids is 1. The number of aromatic nitrogens is 2. The molecule has 100 valence electrons. The molecule has 3 N–H and O–H groups in total. The summed E-state index contributed by atoms with van der Waals surface area (Å²) >= 11 is 0. The highest BCUT2D eigenvalue weighted by Crippen LogP contribution is 2.22. The first-order valence-corrected chi connectivity index (χ1v) is 5.68. The highest BCUT2D eigenvalue weighted by atomic mass is 16.4. The van der Waals surface area contributed by atoms with Crippen LogP contribution in [0.3, 0.4) is 0 Å². The first-order chi connectivity index (χ1) is 8.38. The van der Waals surface area contributed by atoms with Crippen LogP contribution in [0.15, 0.2) is 0 Å². The molecule has 18 heavy (non-hydrogen) atoms. The molecule has 0 atom stereocenters. The molecule has 0 radical (unpaired) electrons. The summed E-state index contributed by atoms with van der Waals surface area (Å²) in [6, 6.07) is 0. The Morgan fingerprint density at radius 2 is 2.11 bits per heavy atom. The highest BCUT2D eigenvalue weighted by Gasteiger charge is 2.23. The van der Waals surface area contributed by atoms with E-state index in [1.54, 1.807) is 18.9 Å². The minimum atomic E-state index is -0.960. The fourth-order valence-electron chi connectivity index (χ4n) is 1.99. The number of primary amides is 1. The highest BCUT2D eigenvalue weighted by molar-refractivity contribution is 5.99. The molecule has 0 bridgehead atoms. The van der Waals surface area contributed by atoms with E-state index in [9.17, 15) is 9.59 Å². The topological polar surface area (TPSA) is 101 Å². The van der Waals surface area contributed by atoms with Crippen molar-refractivity contribution in [2.24, 2.45) is 12.8 Å². The Hall–Kier alpha value is -2.05. The van der Waals surface area contributed by atoms with E-state index in [-0.39, 0.29) is 12.1 Å². The maximum atomic E-state index is 11.4. The molecule has 7 heteroatoms. The van der Waals surface area contributed by atoms with Crippen LogP contribution in [-0.2, 0) is 11.8 Å². The monoisotopic (exact) mass is 254 g/mol. The molecule has 0 aliphatic heterocycles. The van der Waals surface area contributed by atoms with E-state index in [0.717, 1.165) is 6.42 Å². The van der Waals surface area contributed by atoms with Crippen molar-refractivity contribution in [3.8, 4) is 0 Å². The maximum absolute atomic E-state index is 11.4. The van der Waals surface area contributed by atoms with Crippen LogP contribution in [-0.4, -0.2) is 39.9 Å². The van der Waals surface area contributed by atoms with Crippen molar-refractivity contribution in [3.05, 3.63) is 11.3 Å². The van der Waals surface area contributed by atoms with Gasteiger partial charge in [0.05, 0.1) is 5.69 Å². The number of carboxylic acid groups (broad SMARTS) is 1. The molecule has 0 saturated carbocycles. The van der Waals surface area contributed by atoms with Crippen molar-refractivity contribution >= 4 is 17.7 Å². The zero-order valence-corrected chi connectivity index (χ0v) is 10.8. The molecular weight excluding hydrogens is 236 g/mol. The van der Waals surface area contributed by atoms with E-state index in [1.807, 2.05) is 6.92 Å². The summed E-state index contributed by atoms with van der Waals surface area (Å²) in [6.45, 7) is 3.94. The lowest BCUT2D eigenvalue weighted by molar-refractivity contribution is -0.135. The van der Waals surface area contributed by atoms with Gasteiger partial charge in [-0.1, -0.05) is 6.92 Å². The van der Waals surface area contributed by atoms with Gasteiger partial charge in [-0.2, -0.15) is 5.10 Å². The van der Waals surface area contributed by atoms with Crippen LogP contribution in [0, 0.1) is 6.92 Å². The lowest BCUT2D eigenvalue weighted by Gasteiger charge is -2.22. The number of rotatable bonds is 6. The molecule has 0 aliphatic rings. The molecule has 1 amide bonds. The SMILES string of the molecule is CCCN(CC(=O)O)c1c(C(N)=O)c(C)nn1C. The Morgan fingerprint density at radius 1 is 1.50 bits per heavy atom. The van der Waals surface area contributed by atoms with Crippen LogP contribution in [0.5, 0.6) is 0 Å². The van der Waals surface area contributed by atoms with Crippen LogP contribution in [0.1, 0.15) is 29.4 Å². The predicted molar refractivity (Wildman–Crippen MR) is 66.6 cm³/mol. The van der Waals surface area contributed by atoms with E-state index in [2.05, 4.69) is 5.10 Å². The molecule has 0 unspecified atom stereocenters. The average Bonchev–Trinajstić information content (AvgIpc) is 2.52. The largest absolute Gasteiger partial charge is 0.480 e. The van der Waals surface area contributed by atoms with E-state index < -0.39 is 11.9 Å². The molecule has 1 heterocycles. The van der Waals surface area contributed by atoms with E-state index >= 15 is 0 Å². The maximum Gasteiger partial charge on any atom is 0.323 e. The molecule has 0 spiro atoms. The zero-order chi connectivity index (χ0) is 13.9. The second-order valence-corrected chi connectivity index (χ2v) is 4.09. The van der Waals surface area contributed by atoms with Crippen LogP contribution in [0.4, 0.5) is 5.82 Å². The van der Waals surface area contributed by atoms with Gasteiger partial charge in [-0.15, -0.1) is 0 Å². The Morgan fingerprint density at radius 3 is 2.56 bits per heavy atom. The van der Waals surface area contributed by atoms with Gasteiger partial charge in [-0.3, -0.25) is 14.3 Å². The Labute approximate surface area is 105 Å². The predicted octanol–water partition coefficient (Wildman–Crippen LogP) is 0.128. The lowest BCUT2D eigenvalue weighted by Crippen LogP contribution is -2.33. The van der Waals surface area contributed by atoms with Gasteiger partial charge in [0.1, 0.15) is 17.9 Å². The Balaban J connectivity index is 3.25. The minimum Gasteiger partial charge on any atom is -0.480 e. The number of hydrogen-bond acceptors (Lipinski definition) is 4. The van der Waals surface area contributed by atoms with Gasteiger partial charge in [0.2, 0.25) is 0 Å². The van der Waals surface area contributed by atoms with Gasteiger partial charge in [0.25, 0.3) is 5.91 Å². The summed E-state index contributed by atoms with van der Waals surface area (Å²) < 4.78 is 1.49. The smallest absolute Gasteiger partial charge is 0.323 e. The molecule has 7 nitrogen and oxygen atoms in total. The van der Waals surface area contributed by atoms with Crippen molar-refractivity contribution in [2.45, 2.75) is 20.3 Å². The molecule has 0 aromatic carbocycles. The van der Waals surface area contributed by atoms with Gasteiger partial charge in [-0.05, 0) is 13.3 Å². The molecule has 1 aromatic rings. The van der Waals surface area contributed by atoms with Crippen LogP contribution >= 0.6 is 0 Å². The van der Waals surface area contributed by atoms with Crippen molar-refractivity contribution in [2.75, 3.05) is 18.0 Å². The Bertz CT molecular complexity index is 467. The second kappa shape index (κ2) is 5.52.